The van der Waals surface area contributed by atoms with E-state index in [9.17, 15) is 0 Å². The lowest BCUT2D eigenvalue weighted by Crippen LogP contribution is -1.84. The van der Waals surface area contributed by atoms with Crippen LogP contribution in [0.25, 0.3) is 0 Å². The Balaban J connectivity index is 1.70. The Morgan fingerprint density at radius 1 is 0.667 bits per heavy atom. The number of hydrogen-bond acceptors (Lipinski definition) is 2. The molecule has 1 N–H and O–H groups in total. The van der Waals surface area contributed by atoms with Crippen molar-refractivity contribution in [3.8, 4) is 0 Å². The minimum atomic E-state index is 0.957. The van der Waals surface area contributed by atoms with Crippen LogP contribution >= 0.6 is 0 Å². The van der Waals surface area contributed by atoms with Gasteiger partial charge in [0.25, 0.3) is 0 Å². The third-order valence-electron chi connectivity index (χ3n) is 2.63. The summed E-state index contributed by atoms with van der Waals surface area (Å²) in [5.41, 5.74) is 2.03. The molecule has 2 rings (SSSR count). The average Bonchev–Trinajstić information content (AvgIpc) is 2.55. The lowest BCUT2D eigenvalue weighted by molar-refractivity contribution is 1.54. The van der Waals surface area contributed by atoms with Gasteiger partial charge < -0.3 is 5.32 Å². The summed E-state index contributed by atoms with van der Waals surface area (Å²) in [6, 6.07) is 19.9. The van der Waals surface area contributed by atoms with Gasteiger partial charge >= 0.3 is 0 Å². The summed E-state index contributed by atoms with van der Waals surface area (Å²) < 4.78 is 0. The largest absolute Gasteiger partial charge is 0.362 e. The quantitative estimate of drug-likeness (QED) is 0.573. The molecule has 0 fully saturated rings. The van der Waals surface area contributed by atoms with Gasteiger partial charge in [-0.05, 0) is 36.4 Å². The first-order valence-corrected chi connectivity index (χ1v) is 6.84. The van der Waals surface area contributed by atoms with Crippen molar-refractivity contribution in [3.05, 3.63) is 97.2 Å². The van der Waals surface area contributed by atoms with Gasteiger partial charge in [-0.1, -0.05) is 54.6 Å². The molecule has 0 aliphatic carbocycles. The van der Waals surface area contributed by atoms with E-state index in [0.717, 1.165) is 11.4 Å². The van der Waals surface area contributed by atoms with Crippen molar-refractivity contribution < 1.29 is 0 Å². The second-order valence-electron chi connectivity index (χ2n) is 4.25. The number of aliphatic imine (C=N–C) groups is 1. The summed E-state index contributed by atoms with van der Waals surface area (Å²) in [7, 11) is 0. The Bertz CT molecular complexity index is 623. The summed E-state index contributed by atoms with van der Waals surface area (Å²) in [6.07, 6.45) is 13.4. The van der Waals surface area contributed by atoms with Gasteiger partial charge in [-0.3, -0.25) is 4.99 Å². The maximum Gasteiger partial charge on any atom is 0.0629 e. The molecule has 0 aliphatic rings. The van der Waals surface area contributed by atoms with E-state index in [2.05, 4.69) is 10.3 Å². The van der Waals surface area contributed by atoms with Crippen LogP contribution in [0.15, 0.2) is 102 Å². The molecule has 0 spiro atoms. The van der Waals surface area contributed by atoms with E-state index in [4.69, 9.17) is 0 Å². The van der Waals surface area contributed by atoms with E-state index in [0.29, 0.717) is 0 Å². The van der Waals surface area contributed by atoms with Crippen LogP contribution in [0, 0.1) is 0 Å². The van der Waals surface area contributed by atoms with E-state index >= 15 is 0 Å². The fourth-order valence-corrected chi connectivity index (χ4v) is 1.62. The van der Waals surface area contributed by atoms with Gasteiger partial charge in [0, 0.05) is 18.1 Å². The zero-order valence-corrected chi connectivity index (χ0v) is 11.8. The number of nitrogens with one attached hydrogen (secondary N) is 1. The molecule has 2 nitrogen and oxygen atoms in total. The molecule has 21 heavy (non-hydrogen) atoms. The summed E-state index contributed by atoms with van der Waals surface area (Å²) >= 11 is 0. The fourth-order valence-electron chi connectivity index (χ4n) is 1.62. The Labute approximate surface area is 125 Å². The third-order valence-corrected chi connectivity index (χ3v) is 2.63. The lowest BCUT2D eigenvalue weighted by atomic mass is 10.3. The smallest absolute Gasteiger partial charge is 0.0629 e. The van der Waals surface area contributed by atoms with Crippen LogP contribution in [0.5, 0.6) is 0 Å². The van der Waals surface area contributed by atoms with Crippen LogP contribution in [-0.4, -0.2) is 6.21 Å². The van der Waals surface area contributed by atoms with Crippen LogP contribution in [0.1, 0.15) is 0 Å². The van der Waals surface area contributed by atoms with Crippen LogP contribution in [0.3, 0.4) is 0 Å². The second kappa shape index (κ2) is 9.10. The zero-order chi connectivity index (χ0) is 14.6. The molecule has 0 atom stereocenters. The number of anilines is 1. The molecule has 104 valence electrons. The molecule has 2 aromatic rings. The lowest BCUT2D eigenvalue weighted by Gasteiger charge is -1.97. The summed E-state index contributed by atoms with van der Waals surface area (Å²) in [4.78, 5) is 4.30. The van der Waals surface area contributed by atoms with E-state index < -0.39 is 0 Å². The normalized spacial score (nSPS) is 12.0. The molecule has 0 unspecified atom stereocenters. The highest BCUT2D eigenvalue weighted by molar-refractivity contribution is 5.74. The third kappa shape index (κ3) is 6.21. The highest BCUT2D eigenvalue weighted by Crippen LogP contribution is 2.08. The van der Waals surface area contributed by atoms with E-state index in [1.54, 1.807) is 6.21 Å². The van der Waals surface area contributed by atoms with E-state index in [1.807, 2.05) is 97.2 Å². The molecule has 0 aromatic heterocycles. The first-order chi connectivity index (χ1) is 10.4. The van der Waals surface area contributed by atoms with Crippen molar-refractivity contribution in [3.63, 3.8) is 0 Å². The van der Waals surface area contributed by atoms with Gasteiger partial charge in [0.15, 0.2) is 0 Å². The molecule has 0 aliphatic heterocycles. The Kier molecular flexibility index (Phi) is 6.30. The van der Waals surface area contributed by atoms with Gasteiger partial charge in [-0.2, -0.15) is 0 Å². The Morgan fingerprint density at radius 2 is 1.29 bits per heavy atom. The molecular weight excluding hydrogens is 256 g/mol. The van der Waals surface area contributed by atoms with E-state index in [-0.39, 0.29) is 0 Å². The molecule has 0 radical (unpaired) electrons. The maximum absolute atomic E-state index is 4.30. The van der Waals surface area contributed by atoms with Crippen molar-refractivity contribution >= 4 is 17.6 Å². The molecule has 0 amide bonds. The molecule has 0 saturated heterocycles. The summed E-state index contributed by atoms with van der Waals surface area (Å²) in [6.45, 7) is 0. The van der Waals surface area contributed by atoms with Gasteiger partial charge in [0.05, 0.1) is 5.69 Å². The van der Waals surface area contributed by atoms with Crippen molar-refractivity contribution in [1.82, 2.24) is 0 Å². The van der Waals surface area contributed by atoms with Gasteiger partial charge in [0.1, 0.15) is 0 Å². The van der Waals surface area contributed by atoms with Gasteiger partial charge in [-0.25, -0.2) is 0 Å². The number of allylic oxidation sites excluding steroid dienone is 5. The molecule has 0 bridgehead atoms. The summed E-state index contributed by atoms with van der Waals surface area (Å²) in [5.74, 6) is 0. The number of benzene rings is 2. The van der Waals surface area contributed by atoms with Crippen LogP contribution < -0.4 is 5.32 Å². The minimum absolute atomic E-state index is 0.957. The monoisotopic (exact) mass is 274 g/mol. The SMILES string of the molecule is C(=C\C=C\Nc1ccccc1)/C=C/C=N/c1ccccc1. The van der Waals surface area contributed by atoms with Crippen molar-refractivity contribution in [1.29, 1.82) is 0 Å². The predicted molar refractivity (Wildman–Crippen MR) is 92.1 cm³/mol. The number of rotatable bonds is 6. The number of nitrogens with zero attached hydrogens (tertiary/aromatic N) is 1. The fraction of sp³-hybridized carbons (Fsp3) is 0. The number of hydrogen-bond donors (Lipinski definition) is 1. The summed E-state index contributed by atoms with van der Waals surface area (Å²) in [5, 5.41) is 3.19. The Hall–Kier alpha value is -2.87. The molecular formula is C19H18N2. The van der Waals surface area contributed by atoms with Crippen molar-refractivity contribution in [2.45, 2.75) is 0 Å². The topological polar surface area (TPSA) is 24.4 Å². The molecule has 0 saturated carbocycles. The van der Waals surface area contributed by atoms with Crippen molar-refractivity contribution in [2.24, 2.45) is 4.99 Å². The first-order valence-electron chi connectivity index (χ1n) is 6.84. The molecule has 0 heterocycles. The first kappa shape index (κ1) is 14.5. The molecule has 2 heteroatoms. The highest BCUT2D eigenvalue weighted by atomic mass is 14.8. The van der Waals surface area contributed by atoms with Crippen LogP contribution in [0.4, 0.5) is 11.4 Å². The second-order valence-corrected chi connectivity index (χ2v) is 4.25. The zero-order valence-electron chi connectivity index (χ0n) is 11.8. The minimum Gasteiger partial charge on any atom is -0.362 e. The van der Waals surface area contributed by atoms with Crippen molar-refractivity contribution in [2.75, 3.05) is 5.32 Å². The standard InChI is InChI=1S/C19H18N2/c1(2-10-16-20-18-12-6-4-7-13-18)3-11-17-21-19-14-8-5-9-15-19/h1-17,20H/b2-1+,11-3+,16-10+,21-17+. The van der Waals surface area contributed by atoms with Crippen LogP contribution in [-0.2, 0) is 0 Å². The highest BCUT2D eigenvalue weighted by Gasteiger charge is 1.81. The van der Waals surface area contributed by atoms with Gasteiger partial charge in [-0.15, -0.1) is 0 Å². The number of para-hydroxylation sites is 2. The molecule has 2 aromatic carbocycles. The van der Waals surface area contributed by atoms with Crippen LogP contribution in [0.2, 0.25) is 0 Å². The van der Waals surface area contributed by atoms with E-state index in [1.165, 1.54) is 0 Å². The maximum atomic E-state index is 4.30. The predicted octanol–water partition coefficient (Wildman–Crippen LogP) is 5.13. The Morgan fingerprint density at radius 3 is 2.05 bits per heavy atom. The average molecular weight is 274 g/mol. The van der Waals surface area contributed by atoms with Gasteiger partial charge in [0.2, 0.25) is 0 Å².